The maximum atomic E-state index is 12.0. The van der Waals surface area contributed by atoms with Crippen molar-refractivity contribution in [2.24, 2.45) is 0 Å². The number of fused-ring (bicyclic) bond motifs is 3. The minimum atomic E-state index is -0.739. The van der Waals surface area contributed by atoms with E-state index in [-0.39, 0.29) is 18.4 Å². The molecule has 0 atom stereocenters. The van der Waals surface area contributed by atoms with Crippen molar-refractivity contribution in [1.29, 1.82) is 0 Å². The Morgan fingerprint density at radius 3 is 2.07 bits per heavy atom. The topological polar surface area (TPSA) is 75.6 Å². The van der Waals surface area contributed by atoms with E-state index in [1.54, 1.807) is 0 Å². The van der Waals surface area contributed by atoms with Crippen molar-refractivity contribution in [3.05, 3.63) is 59.7 Å². The van der Waals surface area contributed by atoms with Crippen LogP contribution in [0.1, 0.15) is 55.6 Å². The Bertz CT molecular complexity index is 772. The van der Waals surface area contributed by atoms with Gasteiger partial charge in [-0.05, 0) is 35.1 Å². The zero-order valence-electron chi connectivity index (χ0n) is 16.0. The highest BCUT2D eigenvalue weighted by atomic mass is 16.5. The zero-order valence-corrected chi connectivity index (χ0v) is 16.0. The Morgan fingerprint density at radius 1 is 0.857 bits per heavy atom. The van der Waals surface area contributed by atoms with E-state index >= 15 is 0 Å². The molecule has 1 aliphatic carbocycles. The Hall–Kier alpha value is -2.82. The lowest BCUT2D eigenvalue weighted by Crippen LogP contribution is -2.27. The SMILES string of the molecule is O=C(O)CCCCCCCNC(=O)OCC1c2ccccc2-c2ccccc21. The summed E-state index contributed by atoms with van der Waals surface area (Å²) in [6, 6.07) is 16.6. The lowest BCUT2D eigenvalue weighted by atomic mass is 9.98. The number of ether oxygens (including phenoxy) is 1. The van der Waals surface area contributed by atoms with Crippen LogP contribution in [0, 0.1) is 0 Å². The first-order chi connectivity index (χ1) is 13.7. The van der Waals surface area contributed by atoms with Gasteiger partial charge in [-0.25, -0.2) is 4.79 Å². The highest BCUT2D eigenvalue weighted by molar-refractivity contribution is 5.79. The van der Waals surface area contributed by atoms with Crippen molar-refractivity contribution < 1.29 is 19.4 Å². The van der Waals surface area contributed by atoms with Gasteiger partial charge in [-0.2, -0.15) is 0 Å². The molecule has 0 aliphatic heterocycles. The molecule has 2 aromatic carbocycles. The molecule has 0 bridgehead atoms. The average molecular weight is 381 g/mol. The standard InChI is InChI=1S/C23H27NO4/c25-22(26)14-4-2-1-3-9-15-24-23(27)28-16-21-19-12-7-5-10-17(19)18-11-6-8-13-20(18)21/h5-8,10-13,21H,1-4,9,14-16H2,(H,24,27)(H,25,26). The Balaban J connectivity index is 1.39. The summed E-state index contributed by atoms with van der Waals surface area (Å²) < 4.78 is 5.50. The molecule has 0 aromatic heterocycles. The molecule has 5 heteroatoms. The van der Waals surface area contributed by atoms with Gasteiger partial charge in [0.25, 0.3) is 0 Å². The average Bonchev–Trinajstić information content (AvgIpc) is 3.02. The summed E-state index contributed by atoms with van der Waals surface area (Å²) in [6.45, 7) is 0.907. The normalized spacial score (nSPS) is 12.3. The van der Waals surface area contributed by atoms with E-state index in [0.717, 1.165) is 32.1 Å². The number of rotatable bonds is 10. The van der Waals surface area contributed by atoms with Crippen LogP contribution in [0.3, 0.4) is 0 Å². The van der Waals surface area contributed by atoms with Crippen LogP contribution in [0.4, 0.5) is 4.79 Å². The van der Waals surface area contributed by atoms with Crippen LogP contribution < -0.4 is 5.32 Å². The second-order valence-electron chi connectivity index (χ2n) is 7.16. The number of hydrogen-bond acceptors (Lipinski definition) is 3. The van der Waals surface area contributed by atoms with Crippen LogP contribution in [-0.2, 0) is 9.53 Å². The third-order valence-electron chi connectivity index (χ3n) is 5.18. The summed E-state index contributed by atoms with van der Waals surface area (Å²) in [6.07, 6.45) is 4.32. The van der Waals surface area contributed by atoms with Gasteiger partial charge in [0.1, 0.15) is 6.61 Å². The number of aliphatic carboxylic acids is 1. The number of hydrogen-bond donors (Lipinski definition) is 2. The van der Waals surface area contributed by atoms with Crippen molar-refractivity contribution in [1.82, 2.24) is 5.32 Å². The molecule has 0 unspecified atom stereocenters. The molecule has 5 nitrogen and oxygen atoms in total. The van der Waals surface area contributed by atoms with Crippen LogP contribution in [0.15, 0.2) is 48.5 Å². The van der Waals surface area contributed by atoms with Crippen molar-refractivity contribution in [3.8, 4) is 11.1 Å². The molecule has 0 radical (unpaired) electrons. The van der Waals surface area contributed by atoms with E-state index in [1.807, 2.05) is 24.3 Å². The maximum Gasteiger partial charge on any atom is 0.407 e. The van der Waals surface area contributed by atoms with E-state index in [4.69, 9.17) is 9.84 Å². The number of carboxylic acid groups (broad SMARTS) is 1. The quantitative estimate of drug-likeness (QED) is 0.571. The number of unbranched alkanes of at least 4 members (excludes halogenated alkanes) is 4. The second kappa shape index (κ2) is 9.93. The maximum absolute atomic E-state index is 12.0. The van der Waals surface area contributed by atoms with Gasteiger partial charge >= 0.3 is 12.1 Å². The van der Waals surface area contributed by atoms with E-state index in [9.17, 15) is 9.59 Å². The van der Waals surface area contributed by atoms with E-state index < -0.39 is 5.97 Å². The van der Waals surface area contributed by atoms with Gasteiger partial charge in [-0.1, -0.05) is 67.8 Å². The molecule has 1 aliphatic rings. The fraction of sp³-hybridized carbons (Fsp3) is 0.391. The molecule has 2 aromatic rings. The molecule has 148 valence electrons. The number of alkyl carbamates (subject to hydrolysis) is 1. The van der Waals surface area contributed by atoms with Crippen molar-refractivity contribution in [3.63, 3.8) is 0 Å². The fourth-order valence-electron chi connectivity index (χ4n) is 3.77. The molecule has 0 saturated heterocycles. The molecule has 2 N–H and O–H groups in total. The summed E-state index contributed by atoms with van der Waals surface area (Å²) >= 11 is 0. The molecule has 3 rings (SSSR count). The summed E-state index contributed by atoms with van der Waals surface area (Å²) in [5, 5.41) is 11.4. The first-order valence-corrected chi connectivity index (χ1v) is 9.97. The van der Waals surface area contributed by atoms with Crippen LogP contribution in [0.25, 0.3) is 11.1 Å². The first kappa shape index (κ1) is 19.9. The van der Waals surface area contributed by atoms with Gasteiger partial charge in [0.2, 0.25) is 0 Å². The number of benzene rings is 2. The number of carbonyl (C=O) groups excluding carboxylic acids is 1. The smallest absolute Gasteiger partial charge is 0.407 e. The highest BCUT2D eigenvalue weighted by Crippen LogP contribution is 2.44. The second-order valence-corrected chi connectivity index (χ2v) is 7.16. The van der Waals surface area contributed by atoms with Gasteiger partial charge in [-0.15, -0.1) is 0 Å². The van der Waals surface area contributed by atoms with Crippen molar-refractivity contribution in [2.45, 2.75) is 44.4 Å². The molecule has 0 saturated carbocycles. The van der Waals surface area contributed by atoms with E-state index in [1.165, 1.54) is 22.3 Å². The van der Waals surface area contributed by atoms with Crippen molar-refractivity contribution >= 4 is 12.1 Å². The third kappa shape index (κ3) is 5.12. The van der Waals surface area contributed by atoms with Crippen molar-refractivity contribution in [2.75, 3.05) is 13.2 Å². The minimum Gasteiger partial charge on any atom is -0.481 e. The first-order valence-electron chi connectivity index (χ1n) is 9.97. The van der Waals surface area contributed by atoms with Crippen LogP contribution >= 0.6 is 0 Å². The van der Waals surface area contributed by atoms with Crippen LogP contribution in [-0.4, -0.2) is 30.3 Å². The fourth-order valence-corrected chi connectivity index (χ4v) is 3.77. The molecule has 0 fully saturated rings. The highest BCUT2D eigenvalue weighted by Gasteiger charge is 2.28. The molecular weight excluding hydrogens is 354 g/mol. The zero-order chi connectivity index (χ0) is 19.8. The predicted octanol–water partition coefficient (Wildman–Crippen LogP) is 4.95. The van der Waals surface area contributed by atoms with Gasteiger partial charge in [0.15, 0.2) is 0 Å². The molecule has 1 amide bonds. The Morgan fingerprint density at radius 2 is 1.43 bits per heavy atom. The van der Waals surface area contributed by atoms with E-state index in [0.29, 0.717) is 13.2 Å². The molecular formula is C23H27NO4. The summed E-state index contributed by atoms with van der Waals surface area (Å²) in [7, 11) is 0. The number of carbonyl (C=O) groups is 2. The van der Waals surface area contributed by atoms with E-state index in [2.05, 4.69) is 29.6 Å². The van der Waals surface area contributed by atoms with Gasteiger partial charge < -0.3 is 15.2 Å². The largest absolute Gasteiger partial charge is 0.481 e. The van der Waals surface area contributed by atoms with Crippen LogP contribution in [0.2, 0.25) is 0 Å². The predicted molar refractivity (Wildman–Crippen MR) is 108 cm³/mol. The monoisotopic (exact) mass is 381 g/mol. The summed E-state index contributed by atoms with van der Waals surface area (Å²) in [5.74, 6) is -0.663. The lowest BCUT2D eigenvalue weighted by molar-refractivity contribution is -0.137. The number of carboxylic acids is 1. The molecule has 0 heterocycles. The Labute approximate surface area is 165 Å². The molecule has 28 heavy (non-hydrogen) atoms. The summed E-state index contributed by atoms with van der Waals surface area (Å²) in [5.41, 5.74) is 4.85. The summed E-state index contributed by atoms with van der Waals surface area (Å²) in [4.78, 5) is 22.5. The van der Waals surface area contributed by atoms with Gasteiger partial charge in [-0.3, -0.25) is 4.79 Å². The van der Waals surface area contributed by atoms with Crippen LogP contribution in [0.5, 0.6) is 0 Å². The third-order valence-corrected chi connectivity index (χ3v) is 5.18. The lowest BCUT2D eigenvalue weighted by Gasteiger charge is -2.14. The molecule has 0 spiro atoms. The van der Waals surface area contributed by atoms with Gasteiger partial charge in [0.05, 0.1) is 0 Å². The number of nitrogens with one attached hydrogen (secondary N) is 1. The number of amides is 1. The minimum absolute atomic E-state index is 0.0763. The van der Waals surface area contributed by atoms with Gasteiger partial charge in [0, 0.05) is 18.9 Å². The Kier molecular flexibility index (Phi) is 7.06.